The fourth-order valence-corrected chi connectivity index (χ4v) is 5.33. The molecule has 1 aromatic rings. The van der Waals surface area contributed by atoms with Crippen molar-refractivity contribution in [3.05, 3.63) is 16.1 Å². The number of nitrogens with two attached hydrogens (primary N) is 1. The molecule has 6 heteroatoms. The van der Waals surface area contributed by atoms with Crippen molar-refractivity contribution in [1.29, 1.82) is 0 Å². The third kappa shape index (κ3) is 4.03. The van der Waals surface area contributed by atoms with Gasteiger partial charge in [-0.25, -0.2) is 13.4 Å². The summed E-state index contributed by atoms with van der Waals surface area (Å²) in [4.78, 5) is 5.57. The molecule has 102 valence electrons. The van der Waals surface area contributed by atoms with E-state index in [0.29, 0.717) is 11.5 Å². The van der Waals surface area contributed by atoms with Gasteiger partial charge in [0.15, 0.2) is 9.84 Å². The van der Waals surface area contributed by atoms with Crippen molar-refractivity contribution in [2.75, 3.05) is 11.5 Å². The Hall–Kier alpha value is -0.460. The topological polar surface area (TPSA) is 73.0 Å². The predicted molar refractivity (Wildman–Crippen MR) is 74.5 cm³/mol. The second kappa shape index (κ2) is 5.67. The Morgan fingerprint density at radius 1 is 1.61 bits per heavy atom. The Kier molecular flexibility index (Phi) is 4.40. The molecule has 0 radical (unpaired) electrons. The monoisotopic (exact) mass is 288 g/mol. The van der Waals surface area contributed by atoms with Crippen molar-refractivity contribution in [1.82, 2.24) is 4.98 Å². The highest BCUT2D eigenvalue weighted by molar-refractivity contribution is 7.91. The van der Waals surface area contributed by atoms with Crippen LogP contribution in [0, 0.1) is 5.92 Å². The standard InChI is InChI=1S/C12H20N2O2S2/c1-9(13)5-11-7-14-12(17-11)6-10-3-2-4-18(15,16)8-10/h7,9-10H,2-6,8,13H2,1H3. The fourth-order valence-electron chi connectivity index (χ4n) is 2.38. The highest BCUT2D eigenvalue weighted by Gasteiger charge is 2.25. The summed E-state index contributed by atoms with van der Waals surface area (Å²) in [7, 11) is -2.81. The Bertz CT molecular complexity index is 494. The average Bonchev–Trinajstić information content (AvgIpc) is 2.62. The minimum Gasteiger partial charge on any atom is -0.328 e. The molecule has 1 aromatic heterocycles. The van der Waals surface area contributed by atoms with Crippen LogP contribution in [-0.4, -0.2) is 30.9 Å². The van der Waals surface area contributed by atoms with E-state index < -0.39 is 9.84 Å². The Morgan fingerprint density at radius 3 is 3.06 bits per heavy atom. The molecular weight excluding hydrogens is 268 g/mol. The molecule has 0 saturated carbocycles. The van der Waals surface area contributed by atoms with Crippen molar-refractivity contribution in [3.8, 4) is 0 Å². The van der Waals surface area contributed by atoms with Gasteiger partial charge >= 0.3 is 0 Å². The van der Waals surface area contributed by atoms with Crippen molar-refractivity contribution >= 4 is 21.2 Å². The molecular formula is C12H20N2O2S2. The van der Waals surface area contributed by atoms with Gasteiger partial charge in [0.25, 0.3) is 0 Å². The molecule has 2 heterocycles. The van der Waals surface area contributed by atoms with E-state index in [1.807, 2.05) is 13.1 Å². The summed E-state index contributed by atoms with van der Waals surface area (Å²) in [5.41, 5.74) is 5.75. The van der Waals surface area contributed by atoms with E-state index in [1.165, 1.54) is 4.88 Å². The molecule has 1 fully saturated rings. The van der Waals surface area contributed by atoms with Crippen LogP contribution in [0.3, 0.4) is 0 Å². The lowest BCUT2D eigenvalue weighted by Gasteiger charge is -2.20. The molecule has 2 N–H and O–H groups in total. The van der Waals surface area contributed by atoms with E-state index in [-0.39, 0.29) is 12.0 Å². The number of sulfone groups is 1. The molecule has 1 aliphatic rings. The number of nitrogens with zero attached hydrogens (tertiary/aromatic N) is 1. The van der Waals surface area contributed by atoms with Crippen LogP contribution in [0.1, 0.15) is 29.7 Å². The largest absolute Gasteiger partial charge is 0.328 e. The maximum Gasteiger partial charge on any atom is 0.150 e. The first kappa shape index (κ1) is 14.0. The number of aromatic nitrogens is 1. The molecule has 2 atom stereocenters. The minimum absolute atomic E-state index is 0.147. The van der Waals surface area contributed by atoms with Gasteiger partial charge in [0, 0.05) is 23.5 Å². The van der Waals surface area contributed by atoms with E-state index in [9.17, 15) is 8.42 Å². The van der Waals surface area contributed by atoms with Crippen LogP contribution in [0.4, 0.5) is 0 Å². The van der Waals surface area contributed by atoms with Gasteiger partial charge in [-0.2, -0.15) is 0 Å². The van der Waals surface area contributed by atoms with Gasteiger partial charge < -0.3 is 5.73 Å². The summed E-state index contributed by atoms with van der Waals surface area (Å²) in [6, 6.07) is 0.147. The van der Waals surface area contributed by atoms with Crippen molar-refractivity contribution in [2.24, 2.45) is 11.7 Å². The second-order valence-corrected chi connectivity index (χ2v) is 8.66. The molecule has 0 aromatic carbocycles. The SMILES string of the molecule is CC(N)Cc1cnc(CC2CCCS(=O)(=O)C2)s1. The molecule has 18 heavy (non-hydrogen) atoms. The Labute approximate surface area is 113 Å². The molecule has 2 unspecified atom stereocenters. The summed E-state index contributed by atoms with van der Waals surface area (Å²) in [6.45, 7) is 1.98. The first-order chi connectivity index (χ1) is 8.44. The summed E-state index contributed by atoms with van der Waals surface area (Å²) in [5.74, 6) is 0.935. The summed E-state index contributed by atoms with van der Waals surface area (Å²) >= 11 is 1.67. The average molecular weight is 288 g/mol. The lowest BCUT2D eigenvalue weighted by Crippen LogP contribution is -2.26. The van der Waals surface area contributed by atoms with Crippen molar-refractivity contribution in [3.63, 3.8) is 0 Å². The number of rotatable bonds is 4. The van der Waals surface area contributed by atoms with Crippen LogP contribution in [0.2, 0.25) is 0 Å². The molecule has 1 aliphatic heterocycles. The fraction of sp³-hybridized carbons (Fsp3) is 0.750. The van der Waals surface area contributed by atoms with Gasteiger partial charge in [-0.1, -0.05) is 0 Å². The Morgan fingerprint density at radius 2 is 2.39 bits per heavy atom. The predicted octanol–water partition coefficient (Wildman–Crippen LogP) is 1.40. The van der Waals surface area contributed by atoms with Crippen molar-refractivity contribution < 1.29 is 8.42 Å². The first-order valence-corrected chi connectivity index (χ1v) is 8.98. The quantitative estimate of drug-likeness (QED) is 0.909. The maximum atomic E-state index is 11.6. The smallest absolute Gasteiger partial charge is 0.150 e. The van der Waals surface area contributed by atoms with Crippen LogP contribution in [0.15, 0.2) is 6.20 Å². The number of hydrogen-bond acceptors (Lipinski definition) is 5. The van der Waals surface area contributed by atoms with Gasteiger partial charge in [0.05, 0.1) is 16.5 Å². The van der Waals surface area contributed by atoms with Crippen LogP contribution >= 0.6 is 11.3 Å². The van der Waals surface area contributed by atoms with Crippen LogP contribution < -0.4 is 5.73 Å². The lowest BCUT2D eigenvalue weighted by atomic mass is 10.0. The van der Waals surface area contributed by atoms with E-state index in [2.05, 4.69) is 4.98 Å². The normalized spacial score (nSPS) is 24.9. The molecule has 0 amide bonds. The zero-order valence-corrected chi connectivity index (χ0v) is 12.3. The molecule has 0 bridgehead atoms. The zero-order valence-electron chi connectivity index (χ0n) is 10.6. The van der Waals surface area contributed by atoms with E-state index in [1.54, 1.807) is 11.3 Å². The van der Waals surface area contributed by atoms with Crippen LogP contribution in [0.25, 0.3) is 0 Å². The molecule has 0 spiro atoms. The summed E-state index contributed by atoms with van der Waals surface area (Å²) in [5, 5.41) is 1.05. The third-order valence-electron chi connectivity index (χ3n) is 3.15. The van der Waals surface area contributed by atoms with Crippen LogP contribution in [-0.2, 0) is 22.7 Å². The van der Waals surface area contributed by atoms with Crippen LogP contribution in [0.5, 0.6) is 0 Å². The van der Waals surface area contributed by atoms with Gasteiger partial charge in [0.2, 0.25) is 0 Å². The number of thiazole rings is 1. The molecule has 2 rings (SSSR count). The lowest BCUT2D eigenvalue weighted by molar-refractivity contribution is 0.483. The Balaban J connectivity index is 1.95. The molecule has 0 aliphatic carbocycles. The maximum absolute atomic E-state index is 11.6. The minimum atomic E-state index is -2.81. The summed E-state index contributed by atoms with van der Waals surface area (Å²) < 4.78 is 23.1. The van der Waals surface area contributed by atoms with Gasteiger partial charge in [-0.15, -0.1) is 11.3 Å². The van der Waals surface area contributed by atoms with E-state index in [4.69, 9.17) is 5.73 Å². The highest BCUT2D eigenvalue weighted by Crippen LogP contribution is 2.24. The molecule has 4 nitrogen and oxygen atoms in total. The molecule has 1 saturated heterocycles. The van der Waals surface area contributed by atoms with E-state index in [0.717, 1.165) is 30.7 Å². The van der Waals surface area contributed by atoms with Gasteiger partial charge in [-0.3, -0.25) is 0 Å². The second-order valence-electron chi connectivity index (χ2n) is 5.23. The van der Waals surface area contributed by atoms with Crippen molar-refractivity contribution in [2.45, 2.75) is 38.6 Å². The first-order valence-electron chi connectivity index (χ1n) is 6.34. The van der Waals surface area contributed by atoms with E-state index >= 15 is 0 Å². The summed E-state index contributed by atoms with van der Waals surface area (Å²) in [6.07, 6.45) is 5.32. The zero-order chi connectivity index (χ0) is 13.2. The third-order valence-corrected chi connectivity index (χ3v) is 6.08. The van der Waals surface area contributed by atoms with Gasteiger partial charge in [0.1, 0.15) is 0 Å². The highest BCUT2D eigenvalue weighted by atomic mass is 32.2. The van der Waals surface area contributed by atoms with Gasteiger partial charge in [-0.05, 0) is 32.1 Å². The number of hydrogen-bond donors (Lipinski definition) is 1.